The second-order valence-electron chi connectivity index (χ2n) is 3.63. The van der Waals surface area contributed by atoms with Crippen molar-refractivity contribution in [2.45, 2.75) is 6.42 Å². The molecule has 0 radical (unpaired) electrons. The van der Waals surface area contributed by atoms with E-state index in [4.69, 9.17) is 28.8 Å². The summed E-state index contributed by atoms with van der Waals surface area (Å²) in [5.74, 6) is -0.517. The molecule has 0 fully saturated rings. The fourth-order valence-corrected chi connectivity index (χ4v) is 1.49. The van der Waals surface area contributed by atoms with Gasteiger partial charge in [0.1, 0.15) is 0 Å². The predicted molar refractivity (Wildman–Crippen MR) is 82.2 cm³/mol. The third kappa shape index (κ3) is 4.44. The molecule has 0 aliphatic rings. The minimum Gasteiger partial charge on any atom is -0.382 e. The van der Waals surface area contributed by atoms with E-state index in [1.165, 1.54) is 0 Å². The highest BCUT2D eigenvalue weighted by atomic mass is 35.5. The number of nitrogen functional groups attached to an aromatic ring is 2. The number of guanidine groups is 1. The molecule has 0 aliphatic carbocycles. The first-order valence-corrected chi connectivity index (χ1v) is 6.50. The second kappa shape index (κ2) is 7.78. The molecule has 0 aromatic carbocycles. The molecule has 0 aliphatic heterocycles. The van der Waals surface area contributed by atoms with Crippen LogP contribution < -0.4 is 27.8 Å². The van der Waals surface area contributed by atoms with Crippen molar-refractivity contribution in [1.29, 1.82) is 0 Å². The number of carbonyl (C=O) groups excluding carboxylic acids is 1. The van der Waals surface area contributed by atoms with Crippen LogP contribution in [0.15, 0.2) is 4.76 Å². The summed E-state index contributed by atoms with van der Waals surface area (Å²) in [7, 11) is 2.13. The number of rotatable bonds is 4. The minimum atomic E-state index is -0.599. The van der Waals surface area contributed by atoms with E-state index in [0.717, 1.165) is 6.42 Å². The largest absolute Gasteiger partial charge is 0.382 e. The zero-order chi connectivity index (χ0) is 15.1. The molecule has 0 saturated heterocycles. The third-order valence-corrected chi connectivity index (χ3v) is 2.69. The number of nitrogens with two attached hydrogens (primary N) is 3. The Kier molecular flexibility index (Phi) is 6.37. The quantitative estimate of drug-likeness (QED) is 0.208. The van der Waals surface area contributed by atoms with E-state index in [-0.39, 0.29) is 28.4 Å². The van der Waals surface area contributed by atoms with E-state index in [0.29, 0.717) is 13.1 Å². The van der Waals surface area contributed by atoms with Crippen LogP contribution in [0, 0.1) is 0 Å². The molecule has 1 rings (SSSR count). The van der Waals surface area contributed by atoms with Crippen LogP contribution in [0.25, 0.3) is 0 Å². The number of hydrogen-bond donors (Lipinski definition) is 5. The Morgan fingerprint density at radius 1 is 1.35 bits per heavy atom. The molecular formula is C9H16ClN8OP. The van der Waals surface area contributed by atoms with Gasteiger partial charge in [-0.15, -0.1) is 0 Å². The van der Waals surface area contributed by atoms with Crippen molar-refractivity contribution in [2.24, 2.45) is 10.5 Å². The molecule has 0 saturated carbocycles. The number of aromatic nitrogens is 2. The van der Waals surface area contributed by atoms with Gasteiger partial charge in [-0.25, -0.2) is 14.7 Å². The smallest absolute Gasteiger partial charge is 0.280 e. The van der Waals surface area contributed by atoms with E-state index >= 15 is 0 Å². The molecule has 1 atom stereocenters. The van der Waals surface area contributed by atoms with E-state index in [9.17, 15) is 4.79 Å². The summed E-state index contributed by atoms with van der Waals surface area (Å²) in [6, 6.07) is 0. The van der Waals surface area contributed by atoms with Gasteiger partial charge in [0, 0.05) is 6.54 Å². The first-order valence-electron chi connectivity index (χ1n) is 5.61. The Morgan fingerprint density at radius 2 is 2.05 bits per heavy atom. The Morgan fingerprint density at radius 3 is 2.65 bits per heavy atom. The van der Waals surface area contributed by atoms with Gasteiger partial charge in [0.05, 0.1) is 0 Å². The first kappa shape index (κ1) is 16.4. The van der Waals surface area contributed by atoms with Crippen molar-refractivity contribution < 1.29 is 4.79 Å². The maximum Gasteiger partial charge on any atom is 0.280 e. The van der Waals surface area contributed by atoms with Crippen LogP contribution in [0.5, 0.6) is 0 Å². The van der Waals surface area contributed by atoms with Gasteiger partial charge >= 0.3 is 0 Å². The fourth-order valence-electron chi connectivity index (χ4n) is 1.21. The molecule has 11 heteroatoms. The average molecular weight is 319 g/mol. The monoisotopic (exact) mass is 318 g/mol. The van der Waals surface area contributed by atoms with Gasteiger partial charge in [0.2, 0.25) is 5.96 Å². The van der Waals surface area contributed by atoms with Crippen molar-refractivity contribution in [2.75, 3.05) is 24.6 Å². The SMILES string of the molecule is NCCCN/C(=N\P)NC(=O)c1nc(Cl)c(N)nc1N. The average Bonchev–Trinajstić information content (AvgIpc) is 2.41. The number of carbonyl (C=O) groups is 1. The van der Waals surface area contributed by atoms with Crippen molar-refractivity contribution in [1.82, 2.24) is 20.6 Å². The Hall–Kier alpha value is -1.70. The zero-order valence-corrected chi connectivity index (χ0v) is 12.5. The van der Waals surface area contributed by atoms with Gasteiger partial charge in [-0.3, -0.25) is 10.1 Å². The predicted octanol–water partition coefficient (Wildman–Crippen LogP) is -0.891. The number of nitrogens with one attached hydrogen (secondary N) is 2. The number of halogens is 1. The summed E-state index contributed by atoms with van der Waals surface area (Å²) in [4.78, 5) is 19.5. The molecule has 1 amide bonds. The summed E-state index contributed by atoms with van der Waals surface area (Å²) in [5.41, 5.74) is 16.2. The van der Waals surface area contributed by atoms with Crippen LogP contribution in [-0.4, -0.2) is 34.9 Å². The van der Waals surface area contributed by atoms with E-state index < -0.39 is 5.91 Å². The van der Waals surface area contributed by atoms with Crippen LogP contribution in [0.2, 0.25) is 5.15 Å². The van der Waals surface area contributed by atoms with Crippen LogP contribution in [-0.2, 0) is 0 Å². The number of amides is 1. The van der Waals surface area contributed by atoms with Crippen LogP contribution in [0.4, 0.5) is 11.6 Å². The third-order valence-electron chi connectivity index (χ3n) is 2.15. The van der Waals surface area contributed by atoms with E-state index in [2.05, 4.69) is 34.8 Å². The summed E-state index contributed by atoms with van der Waals surface area (Å²) < 4.78 is 3.80. The first-order chi connectivity index (χ1) is 9.49. The van der Waals surface area contributed by atoms with E-state index in [1.54, 1.807) is 0 Å². The zero-order valence-electron chi connectivity index (χ0n) is 10.6. The number of anilines is 2. The van der Waals surface area contributed by atoms with Crippen LogP contribution >= 0.6 is 21.0 Å². The van der Waals surface area contributed by atoms with Crippen LogP contribution in [0.3, 0.4) is 0 Å². The molecule has 20 heavy (non-hydrogen) atoms. The molecular weight excluding hydrogens is 303 g/mol. The van der Waals surface area contributed by atoms with Crippen LogP contribution in [0.1, 0.15) is 16.9 Å². The molecule has 1 aromatic heterocycles. The molecule has 110 valence electrons. The topological polar surface area (TPSA) is 157 Å². The highest BCUT2D eigenvalue weighted by Crippen LogP contribution is 2.17. The van der Waals surface area contributed by atoms with Gasteiger partial charge in [-0.1, -0.05) is 11.6 Å². The van der Waals surface area contributed by atoms with Crippen molar-refractivity contribution in [3.63, 3.8) is 0 Å². The lowest BCUT2D eigenvalue weighted by atomic mass is 10.3. The maximum absolute atomic E-state index is 12.0. The summed E-state index contributed by atoms with van der Waals surface area (Å²) in [5, 5.41) is 5.28. The van der Waals surface area contributed by atoms with Gasteiger partial charge in [0.25, 0.3) is 5.91 Å². The van der Waals surface area contributed by atoms with Gasteiger partial charge in [0.15, 0.2) is 22.5 Å². The van der Waals surface area contributed by atoms with E-state index in [1.807, 2.05) is 0 Å². The summed E-state index contributed by atoms with van der Waals surface area (Å²) in [6.45, 7) is 1.09. The maximum atomic E-state index is 12.0. The minimum absolute atomic E-state index is 0.0401. The molecule has 8 N–H and O–H groups in total. The second-order valence-corrected chi connectivity index (χ2v) is 4.25. The number of nitrogens with zero attached hydrogens (tertiary/aromatic N) is 3. The van der Waals surface area contributed by atoms with Crippen molar-refractivity contribution >= 4 is 44.5 Å². The Balaban J connectivity index is 2.77. The molecule has 0 spiro atoms. The highest BCUT2D eigenvalue weighted by molar-refractivity contribution is 7.15. The molecule has 1 aromatic rings. The molecule has 1 heterocycles. The number of hydrogen-bond acceptors (Lipinski definition) is 7. The fraction of sp³-hybridized carbons (Fsp3) is 0.333. The summed E-state index contributed by atoms with van der Waals surface area (Å²) >= 11 is 5.70. The highest BCUT2D eigenvalue weighted by Gasteiger charge is 2.17. The summed E-state index contributed by atoms with van der Waals surface area (Å²) in [6.07, 6.45) is 0.731. The lowest BCUT2D eigenvalue weighted by Crippen LogP contribution is -2.41. The lowest BCUT2D eigenvalue weighted by molar-refractivity contribution is 0.0972. The molecule has 1 unspecified atom stereocenters. The molecule has 0 bridgehead atoms. The molecule has 9 nitrogen and oxygen atoms in total. The van der Waals surface area contributed by atoms with Crippen molar-refractivity contribution in [3.05, 3.63) is 10.8 Å². The van der Waals surface area contributed by atoms with Gasteiger partial charge in [-0.05, 0) is 22.4 Å². The van der Waals surface area contributed by atoms with Crippen molar-refractivity contribution in [3.8, 4) is 0 Å². The standard InChI is InChI=1S/C9H16ClN8OP/c10-5-7(13)16-6(12)4(15-5)8(19)17-9(18-20)14-3-1-2-11/h1-3,11,20H2,(H4,12,13,16)(H2,14,17,18,19). The Labute approximate surface area is 123 Å². The van der Waals surface area contributed by atoms with Gasteiger partial charge in [-0.2, -0.15) is 0 Å². The lowest BCUT2D eigenvalue weighted by Gasteiger charge is -2.11. The normalized spacial score (nSPS) is 11.2. The van der Waals surface area contributed by atoms with Gasteiger partial charge < -0.3 is 22.5 Å². The Bertz CT molecular complexity index is 523.